The predicted octanol–water partition coefficient (Wildman–Crippen LogP) is 4.80. The second kappa shape index (κ2) is 8.06. The van der Waals surface area contributed by atoms with Crippen LogP contribution in [0, 0.1) is 5.92 Å². The van der Waals surface area contributed by atoms with Crippen LogP contribution in [0.15, 0.2) is 60.1 Å². The van der Waals surface area contributed by atoms with Gasteiger partial charge in [-0.1, -0.05) is 25.3 Å². The number of nitrogens with zero attached hydrogens (tertiary/aromatic N) is 3. The average Bonchev–Trinajstić information content (AvgIpc) is 3.26. The van der Waals surface area contributed by atoms with Gasteiger partial charge in [-0.3, -0.25) is 0 Å². The van der Waals surface area contributed by atoms with Crippen LogP contribution in [0.1, 0.15) is 43.2 Å². The summed E-state index contributed by atoms with van der Waals surface area (Å²) in [6.45, 7) is 1.05. The van der Waals surface area contributed by atoms with Crippen LogP contribution in [0.2, 0.25) is 0 Å². The molecule has 1 saturated carbocycles. The number of hydrogen-bond donors (Lipinski definition) is 1. The zero-order valence-electron chi connectivity index (χ0n) is 18.4. The summed E-state index contributed by atoms with van der Waals surface area (Å²) in [5, 5.41) is 0. The normalized spacial score (nSPS) is 21.5. The Labute approximate surface area is 192 Å². The van der Waals surface area contributed by atoms with Crippen molar-refractivity contribution in [2.45, 2.75) is 37.6 Å². The van der Waals surface area contributed by atoms with E-state index in [0.717, 1.165) is 46.1 Å². The maximum Gasteiger partial charge on any atom is 0.283 e. The second-order valence-electron chi connectivity index (χ2n) is 9.01. The molecular formula is C26H26N4O3. The lowest BCUT2D eigenvalue weighted by atomic mass is 9.80. The molecule has 1 fully saturated rings. The molecule has 2 N–H and O–H groups in total. The molecule has 0 radical (unpaired) electrons. The van der Waals surface area contributed by atoms with E-state index >= 15 is 0 Å². The number of aliphatic imine (C=N–C) groups is 1. The minimum absolute atomic E-state index is 0.177. The molecule has 6 rings (SSSR count). The summed E-state index contributed by atoms with van der Waals surface area (Å²) in [5.41, 5.74) is 8.95. The molecule has 168 valence electrons. The molecule has 0 saturated heterocycles. The molecule has 1 aliphatic carbocycles. The Bertz CT molecular complexity index is 1210. The van der Waals surface area contributed by atoms with Crippen LogP contribution < -0.4 is 15.2 Å². The van der Waals surface area contributed by atoms with Crippen LogP contribution in [0.5, 0.6) is 17.2 Å². The quantitative estimate of drug-likeness (QED) is 0.624. The molecule has 33 heavy (non-hydrogen) atoms. The van der Waals surface area contributed by atoms with E-state index < -0.39 is 5.54 Å². The highest BCUT2D eigenvalue weighted by Gasteiger charge is 2.47. The van der Waals surface area contributed by atoms with Crippen LogP contribution in [0.4, 0.5) is 0 Å². The van der Waals surface area contributed by atoms with Crippen molar-refractivity contribution in [2.75, 3.05) is 13.2 Å². The lowest BCUT2D eigenvalue weighted by Gasteiger charge is -2.34. The van der Waals surface area contributed by atoms with Gasteiger partial charge in [-0.05, 0) is 54.7 Å². The molecule has 7 nitrogen and oxygen atoms in total. The molecule has 1 spiro atoms. The Morgan fingerprint density at radius 3 is 2.45 bits per heavy atom. The third-order valence-corrected chi connectivity index (χ3v) is 6.88. The molecule has 0 bridgehead atoms. The molecule has 2 aromatic carbocycles. The van der Waals surface area contributed by atoms with Crippen LogP contribution in [0.3, 0.4) is 0 Å². The second-order valence-corrected chi connectivity index (χ2v) is 9.01. The Morgan fingerprint density at radius 2 is 1.70 bits per heavy atom. The van der Waals surface area contributed by atoms with Crippen molar-refractivity contribution in [2.24, 2.45) is 16.6 Å². The molecule has 3 aliphatic rings. The van der Waals surface area contributed by atoms with Crippen LogP contribution >= 0.6 is 0 Å². The van der Waals surface area contributed by atoms with E-state index in [1.165, 1.54) is 38.4 Å². The van der Waals surface area contributed by atoms with E-state index in [1.807, 2.05) is 30.3 Å². The number of ether oxygens (including phenoxy) is 3. The standard InChI is InChI=1S/C26H26N4O3/c27-25-30-26(15-32-25)21-10-18(19-12-28-16-29-13-19)6-8-23(21)33-24-9-7-20(11-22(24)26)31-14-17-4-2-1-3-5-17/h6-13,16-17H,1-5,14-15H2,(H2,27,30)/t26-/m0/s1. The molecule has 1 atom stereocenters. The molecule has 3 aromatic rings. The fourth-order valence-corrected chi connectivity index (χ4v) is 5.12. The summed E-state index contributed by atoms with van der Waals surface area (Å²) in [5.74, 6) is 2.92. The van der Waals surface area contributed by atoms with Crippen molar-refractivity contribution in [3.05, 3.63) is 66.2 Å². The van der Waals surface area contributed by atoms with E-state index in [1.54, 1.807) is 12.4 Å². The SMILES string of the molecule is NC1=N[C@]2(CO1)c1cc(OCC3CCCCC3)ccc1Oc1ccc(-c3cncnc3)cc12. The fraction of sp³-hybridized carbons (Fsp3) is 0.346. The van der Waals surface area contributed by atoms with E-state index in [4.69, 9.17) is 24.9 Å². The summed E-state index contributed by atoms with van der Waals surface area (Å²) in [6, 6.07) is 12.2. The van der Waals surface area contributed by atoms with Gasteiger partial charge in [0.15, 0.2) is 5.54 Å². The first-order chi connectivity index (χ1) is 16.2. The zero-order chi connectivity index (χ0) is 22.3. The van der Waals surface area contributed by atoms with Gasteiger partial charge in [0.05, 0.1) is 6.61 Å². The maximum absolute atomic E-state index is 6.29. The van der Waals surface area contributed by atoms with Crippen molar-refractivity contribution < 1.29 is 14.2 Å². The van der Waals surface area contributed by atoms with Crippen molar-refractivity contribution in [1.29, 1.82) is 0 Å². The first kappa shape index (κ1) is 20.0. The third kappa shape index (κ3) is 3.57. The molecule has 3 heterocycles. The largest absolute Gasteiger partial charge is 0.493 e. The summed E-state index contributed by atoms with van der Waals surface area (Å²) >= 11 is 0. The summed E-state index contributed by atoms with van der Waals surface area (Å²) < 4.78 is 18.2. The minimum Gasteiger partial charge on any atom is -0.493 e. The number of fused-ring (bicyclic) bond motifs is 4. The van der Waals surface area contributed by atoms with Gasteiger partial charge in [0.1, 0.15) is 30.2 Å². The molecule has 7 heteroatoms. The first-order valence-electron chi connectivity index (χ1n) is 11.5. The van der Waals surface area contributed by atoms with Gasteiger partial charge < -0.3 is 19.9 Å². The van der Waals surface area contributed by atoms with E-state index in [2.05, 4.69) is 16.0 Å². The van der Waals surface area contributed by atoms with Gasteiger partial charge in [-0.15, -0.1) is 0 Å². The van der Waals surface area contributed by atoms with E-state index in [0.29, 0.717) is 12.5 Å². The average molecular weight is 443 g/mol. The fourth-order valence-electron chi connectivity index (χ4n) is 5.12. The number of hydrogen-bond acceptors (Lipinski definition) is 7. The molecule has 1 aromatic heterocycles. The first-order valence-corrected chi connectivity index (χ1v) is 11.5. The molecule has 2 aliphatic heterocycles. The highest BCUT2D eigenvalue weighted by Crippen LogP contribution is 2.52. The molecule has 0 unspecified atom stereocenters. The van der Waals surface area contributed by atoms with Crippen LogP contribution in [0.25, 0.3) is 11.1 Å². The van der Waals surface area contributed by atoms with E-state index in [9.17, 15) is 0 Å². The summed E-state index contributed by atoms with van der Waals surface area (Å²) in [7, 11) is 0. The Hall–Kier alpha value is -3.61. The van der Waals surface area contributed by atoms with Crippen molar-refractivity contribution in [3.8, 4) is 28.4 Å². The van der Waals surface area contributed by atoms with Gasteiger partial charge in [0, 0.05) is 29.1 Å². The number of rotatable bonds is 4. The van der Waals surface area contributed by atoms with Crippen molar-refractivity contribution in [1.82, 2.24) is 9.97 Å². The number of benzene rings is 2. The summed E-state index contributed by atoms with van der Waals surface area (Å²) in [6.07, 6.45) is 11.5. The van der Waals surface area contributed by atoms with E-state index in [-0.39, 0.29) is 6.02 Å². The molecule has 0 amide bonds. The number of nitrogens with two attached hydrogens (primary N) is 1. The highest BCUT2D eigenvalue weighted by atomic mass is 16.5. The maximum atomic E-state index is 6.29. The Balaban J connectivity index is 1.39. The topological polar surface area (TPSA) is 91.9 Å². The monoisotopic (exact) mass is 442 g/mol. The molecular weight excluding hydrogens is 416 g/mol. The predicted molar refractivity (Wildman–Crippen MR) is 124 cm³/mol. The lowest BCUT2D eigenvalue weighted by Crippen LogP contribution is -2.31. The smallest absolute Gasteiger partial charge is 0.283 e. The zero-order valence-corrected chi connectivity index (χ0v) is 18.4. The van der Waals surface area contributed by atoms with Crippen LogP contribution in [-0.2, 0) is 10.3 Å². The van der Waals surface area contributed by atoms with Gasteiger partial charge in [-0.25, -0.2) is 15.0 Å². The third-order valence-electron chi connectivity index (χ3n) is 6.88. The summed E-state index contributed by atoms with van der Waals surface area (Å²) in [4.78, 5) is 13.1. The van der Waals surface area contributed by atoms with Crippen molar-refractivity contribution >= 4 is 6.02 Å². The number of aromatic nitrogens is 2. The highest BCUT2D eigenvalue weighted by molar-refractivity contribution is 5.78. The minimum atomic E-state index is -0.789. The Morgan fingerprint density at radius 1 is 0.939 bits per heavy atom. The van der Waals surface area contributed by atoms with Gasteiger partial charge in [0.2, 0.25) is 0 Å². The Kier molecular flexibility index (Phi) is 4.89. The van der Waals surface area contributed by atoms with Gasteiger partial charge in [0.25, 0.3) is 6.02 Å². The lowest BCUT2D eigenvalue weighted by molar-refractivity contribution is 0.207. The number of amidine groups is 1. The van der Waals surface area contributed by atoms with Gasteiger partial charge in [-0.2, -0.15) is 0 Å². The van der Waals surface area contributed by atoms with Crippen molar-refractivity contribution in [3.63, 3.8) is 0 Å². The van der Waals surface area contributed by atoms with Crippen LogP contribution in [-0.4, -0.2) is 29.2 Å². The van der Waals surface area contributed by atoms with Gasteiger partial charge >= 0.3 is 0 Å².